The number of carbonyl (C=O) groups excluding carboxylic acids is 1. The summed E-state index contributed by atoms with van der Waals surface area (Å²) >= 11 is 0. The Morgan fingerprint density at radius 3 is 2.63 bits per heavy atom. The highest BCUT2D eigenvalue weighted by molar-refractivity contribution is 5.89. The average molecular weight is 357 g/mol. The molecule has 0 unspecified atom stereocenters. The van der Waals surface area contributed by atoms with E-state index in [1.54, 1.807) is 12.1 Å². The first-order chi connectivity index (χ1) is 13.2. The molecule has 0 fully saturated rings. The normalized spacial score (nSPS) is 10.7. The quantitative estimate of drug-likeness (QED) is 0.511. The van der Waals surface area contributed by atoms with Crippen molar-refractivity contribution in [1.29, 1.82) is 0 Å². The standard InChI is InChI=1S/C22H19N3O2/c1-27-22(26)16-9-11-18(12-10-16)23-14-15-5-4-6-17(13-15)21-24-19-7-2-3-8-20(19)25-21/h2-13,23H,14H2,1H3,(H,24,25). The number of ether oxygens (including phenoxy) is 1. The number of benzene rings is 3. The largest absolute Gasteiger partial charge is 0.465 e. The van der Waals surface area contributed by atoms with Crippen LogP contribution in [0.15, 0.2) is 72.8 Å². The van der Waals surface area contributed by atoms with Crippen LogP contribution in [0.2, 0.25) is 0 Å². The van der Waals surface area contributed by atoms with Crippen LogP contribution in [0.25, 0.3) is 22.4 Å². The minimum Gasteiger partial charge on any atom is -0.465 e. The zero-order valence-corrected chi connectivity index (χ0v) is 14.9. The highest BCUT2D eigenvalue weighted by Gasteiger charge is 2.06. The Bertz CT molecular complexity index is 1050. The first kappa shape index (κ1) is 16.8. The van der Waals surface area contributed by atoms with E-state index >= 15 is 0 Å². The molecule has 0 aliphatic rings. The van der Waals surface area contributed by atoms with Gasteiger partial charge >= 0.3 is 5.97 Å². The SMILES string of the molecule is COC(=O)c1ccc(NCc2cccc(-c3nc4ccccc4[nH]3)c2)cc1. The van der Waals surface area contributed by atoms with Crippen LogP contribution in [0.5, 0.6) is 0 Å². The molecule has 1 aromatic heterocycles. The monoisotopic (exact) mass is 357 g/mol. The molecule has 0 radical (unpaired) electrons. The van der Waals surface area contributed by atoms with E-state index in [9.17, 15) is 4.79 Å². The predicted molar refractivity (Wildman–Crippen MR) is 107 cm³/mol. The lowest BCUT2D eigenvalue weighted by atomic mass is 10.1. The summed E-state index contributed by atoms with van der Waals surface area (Å²) in [5, 5.41) is 3.37. The number of para-hydroxylation sites is 2. The summed E-state index contributed by atoms with van der Waals surface area (Å²) < 4.78 is 4.71. The molecule has 3 aromatic carbocycles. The Labute approximate surface area is 157 Å². The van der Waals surface area contributed by atoms with Crippen molar-refractivity contribution in [3.05, 3.63) is 83.9 Å². The number of nitrogens with zero attached hydrogens (tertiary/aromatic N) is 1. The van der Waals surface area contributed by atoms with Crippen LogP contribution in [-0.4, -0.2) is 23.0 Å². The molecule has 0 spiro atoms. The lowest BCUT2D eigenvalue weighted by Gasteiger charge is -2.08. The number of H-pyrrole nitrogens is 1. The second kappa shape index (κ2) is 7.33. The number of anilines is 1. The maximum Gasteiger partial charge on any atom is 0.337 e. The molecule has 2 N–H and O–H groups in total. The summed E-state index contributed by atoms with van der Waals surface area (Å²) in [5.74, 6) is 0.528. The number of esters is 1. The van der Waals surface area contributed by atoms with E-state index in [1.807, 2.05) is 48.5 Å². The van der Waals surface area contributed by atoms with E-state index in [1.165, 1.54) is 7.11 Å². The van der Waals surface area contributed by atoms with Crippen LogP contribution in [-0.2, 0) is 11.3 Å². The number of rotatable bonds is 5. The Hall–Kier alpha value is -3.60. The first-order valence-electron chi connectivity index (χ1n) is 8.69. The number of aromatic nitrogens is 2. The molecule has 0 atom stereocenters. The van der Waals surface area contributed by atoms with Gasteiger partial charge in [-0.05, 0) is 48.0 Å². The molecule has 5 heteroatoms. The molecule has 0 amide bonds. The van der Waals surface area contributed by atoms with Crippen LogP contribution in [0, 0.1) is 0 Å². The van der Waals surface area contributed by atoms with Gasteiger partial charge in [0.15, 0.2) is 0 Å². The van der Waals surface area contributed by atoms with Crippen molar-refractivity contribution in [1.82, 2.24) is 9.97 Å². The summed E-state index contributed by atoms with van der Waals surface area (Å²) in [5.41, 5.74) is 5.66. The van der Waals surface area contributed by atoms with Crippen molar-refractivity contribution < 1.29 is 9.53 Å². The molecule has 0 bridgehead atoms. The summed E-state index contributed by atoms with van der Waals surface area (Å²) in [6.45, 7) is 0.672. The van der Waals surface area contributed by atoms with Gasteiger partial charge in [-0.25, -0.2) is 9.78 Å². The third-order valence-electron chi connectivity index (χ3n) is 4.39. The molecule has 4 aromatic rings. The topological polar surface area (TPSA) is 67.0 Å². The zero-order chi connectivity index (χ0) is 18.6. The van der Waals surface area contributed by atoms with Crippen molar-refractivity contribution >= 4 is 22.7 Å². The van der Waals surface area contributed by atoms with Gasteiger partial charge in [0.1, 0.15) is 5.82 Å². The molecular formula is C22H19N3O2. The number of carbonyl (C=O) groups is 1. The van der Waals surface area contributed by atoms with Crippen molar-refractivity contribution in [2.45, 2.75) is 6.54 Å². The lowest BCUT2D eigenvalue weighted by molar-refractivity contribution is 0.0601. The van der Waals surface area contributed by atoms with Gasteiger partial charge in [0.2, 0.25) is 0 Å². The van der Waals surface area contributed by atoms with Crippen LogP contribution >= 0.6 is 0 Å². The van der Waals surface area contributed by atoms with Gasteiger partial charge in [0, 0.05) is 17.8 Å². The number of hydrogen-bond donors (Lipinski definition) is 2. The Morgan fingerprint density at radius 2 is 1.85 bits per heavy atom. The predicted octanol–water partition coefficient (Wildman–Crippen LogP) is 4.63. The third-order valence-corrected chi connectivity index (χ3v) is 4.39. The van der Waals surface area contributed by atoms with E-state index in [2.05, 4.69) is 27.4 Å². The van der Waals surface area contributed by atoms with E-state index < -0.39 is 0 Å². The van der Waals surface area contributed by atoms with Crippen molar-refractivity contribution in [2.24, 2.45) is 0 Å². The minimum absolute atomic E-state index is 0.333. The fourth-order valence-electron chi connectivity index (χ4n) is 2.96. The molecule has 5 nitrogen and oxygen atoms in total. The van der Waals surface area contributed by atoms with Gasteiger partial charge in [-0.3, -0.25) is 0 Å². The molecule has 0 aliphatic carbocycles. The van der Waals surface area contributed by atoms with E-state index in [-0.39, 0.29) is 5.97 Å². The fraction of sp³-hybridized carbons (Fsp3) is 0.0909. The van der Waals surface area contributed by atoms with Gasteiger partial charge in [0.25, 0.3) is 0 Å². The molecule has 4 rings (SSSR count). The number of fused-ring (bicyclic) bond motifs is 1. The highest BCUT2D eigenvalue weighted by atomic mass is 16.5. The van der Waals surface area contributed by atoms with Crippen LogP contribution in [0.4, 0.5) is 5.69 Å². The minimum atomic E-state index is -0.333. The maximum atomic E-state index is 11.5. The zero-order valence-electron chi connectivity index (χ0n) is 14.9. The second-order valence-corrected chi connectivity index (χ2v) is 6.23. The molecule has 0 saturated heterocycles. The van der Waals surface area contributed by atoms with Crippen LogP contribution < -0.4 is 5.32 Å². The van der Waals surface area contributed by atoms with E-state index in [4.69, 9.17) is 4.74 Å². The molecule has 134 valence electrons. The van der Waals surface area contributed by atoms with E-state index in [0.29, 0.717) is 12.1 Å². The van der Waals surface area contributed by atoms with E-state index in [0.717, 1.165) is 33.7 Å². The summed E-state index contributed by atoms with van der Waals surface area (Å²) in [7, 11) is 1.38. The summed E-state index contributed by atoms with van der Waals surface area (Å²) in [6, 6.07) is 23.5. The third kappa shape index (κ3) is 3.67. The molecule has 0 saturated carbocycles. The second-order valence-electron chi connectivity index (χ2n) is 6.23. The van der Waals surface area contributed by atoms with Crippen LogP contribution in [0.3, 0.4) is 0 Å². The smallest absolute Gasteiger partial charge is 0.337 e. The Balaban J connectivity index is 1.48. The number of nitrogens with one attached hydrogen (secondary N) is 2. The molecule has 0 aliphatic heterocycles. The average Bonchev–Trinajstić information content (AvgIpc) is 3.17. The Kier molecular flexibility index (Phi) is 4.58. The maximum absolute atomic E-state index is 11.5. The van der Waals surface area contributed by atoms with Gasteiger partial charge in [-0.15, -0.1) is 0 Å². The van der Waals surface area contributed by atoms with Crippen LogP contribution in [0.1, 0.15) is 15.9 Å². The highest BCUT2D eigenvalue weighted by Crippen LogP contribution is 2.22. The molecule has 1 heterocycles. The first-order valence-corrected chi connectivity index (χ1v) is 8.69. The van der Waals surface area contributed by atoms with Gasteiger partial charge < -0.3 is 15.0 Å². The van der Waals surface area contributed by atoms with Gasteiger partial charge in [0.05, 0.1) is 23.7 Å². The lowest BCUT2D eigenvalue weighted by Crippen LogP contribution is -2.02. The summed E-state index contributed by atoms with van der Waals surface area (Å²) in [6.07, 6.45) is 0. The Morgan fingerprint density at radius 1 is 1.04 bits per heavy atom. The van der Waals surface area contributed by atoms with Crippen molar-refractivity contribution in [3.8, 4) is 11.4 Å². The summed E-state index contributed by atoms with van der Waals surface area (Å²) in [4.78, 5) is 19.5. The number of hydrogen-bond acceptors (Lipinski definition) is 4. The van der Waals surface area contributed by atoms with Gasteiger partial charge in [-0.1, -0.05) is 30.3 Å². The number of imidazole rings is 1. The van der Waals surface area contributed by atoms with Gasteiger partial charge in [-0.2, -0.15) is 0 Å². The van der Waals surface area contributed by atoms with Crippen molar-refractivity contribution in [2.75, 3.05) is 12.4 Å². The molecular weight excluding hydrogens is 338 g/mol. The number of methoxy groups -OCH3 is 1. The van der Waals surface area contributed by atoms with Crippen molar-refractivity contribution in [3.63, 3.8) is 0 Å². The fourth-order valence-corrected chi connectivity index (χ4v) is 2.96. The number of aromatic amines is 1. The molecule has 27 heavy (non-hydrogen) atoms.